The summed E-state index contributed by atoms with van der Waals surface area (Å²) >= 11 is 7.82. The number of hydrogen-bond donors (Lipinski definition) is 0. The van der Waals surface area contributed by atoms with Crippen LogP contribution >= 0.6 is 22.9 Å². The Morgan fingerprint density at radius 1 is 1.28 bits per heavy atom. The number of hydrogen-bond acceptors (Lipinski definition) is 6. The quantitative estimate of drug-likeness (QED) is 0.436. The smallest absolute Gasteiger partial charge is 0.308 e. The predicted octanol–water partition coefficient (Wildman–Crippen LogP) is 4.89. The predicted molar refractivity (Wildman–Crippen MR) is 119 cm³/mol. The number of aryl methyl sites for hydroxylation is 1. The van der Waals surface area contributed by atoms with Crippen molar-refractivity contribution < 1.29 is 9.53 Å². The molecule has 1 fully saturated rings. The van der Waals surface area contributed by atoms with Crippen molar-refractivity contribution in [2.75, 3.05) is 24.5 Å². The lowest BCUT2D eigenvalue weighted by Gasteiger charge is -2.39. The van der Waals surface area contributed by atoms with Crippen molar-refractivity contribution in [3.8, 4) is 5.75 Å². The zero-order valence-corrected chi connectivity index (χ0v) is 18.4. The van der Waals surface area contributed by atoms with Crippen LogP contribution in [0.3, 0.4) is 0 Å². The van der Waals surface area contributed by atoms with Gasteiger partial charge in [0.25, 0.3) is 0 Å². The fourth-order valence-corrected chi connectivity index (χ4v) is 5.24. The van der Waals surface area contributed by atoms with Gasteiger partial charge in [-0.25, -0.2) is 4.98 Å². The van der Waals surface area contributed by atoms with E-state index in [4.69, 9.17) is 21.3 Å². The van der Waals surface area contributed by atoms with E-state index < -0.39 is 0 Å². The number of carbonyl (C=O) groups is 1. The first-order chi connectivity index (χ1) is 13.9. The zero-order chi connectivity index (χ0) is 20.5. The molecular weight excluding hydrogens is 406 g/mol. The molecule has 4 rings (SSSR count). The lowest BCUT2D eigenvalue weighted by atomic mass is 10.1. The van der Waals surface area contributed by atoms with Crippen LogP contribution in [0.2, 0.25) is 5.02 Å². The van der Waals surface area contributed by atoms with Gasteiger partial charge in [0.2, 0.25) is 0 Å². The number of fused-ring (bicyclic) bond motifs is 1. The number of benzene rings is 2. The molecule has 0 N–H and O–H groups in total. The Labute approximate surface area is 179 Å². The van der Waals surface area contributed by atoms with Crippen LogP contribution in [0.25, 0.3) is 10.2 Å². The molecule has 2 aromatic carbocycles. The second-order valence-corrected chi connectivity index (χ2v) is 9.08. The average Bonchev–Trinajstić information content (AvgIpc) is 3.03. The summed E-state index contributed by atoms with van der Waals surface area (Å²) in [4.78, 5) is 20.9. The molecule has 1 aliphatic heterocycles. The van der Waals surface area contributed by atoms with Crippen molar-refractivity contribution in [1.82, 2.24) is 9.88 Å². The molecule has 29 heavy (non-hydrogen) atoms. The Bertz CT molecular complexity index is 1050. The summed E-state index contributed by atoms with van der Waals surface area (Å²) in [7, 11) is 0. The molecule has 1 aliphatic rings. The first-order valence-corrected chi connectivity index (χ1v) is 10.9. The summed E-state index contributed by atoms with van der Waals surface area (Å²) < 4.78 is 6.40. The van der Waals surface area contributed by atoms with E-state index in [0.29, 0.717) is 11.8 Å². The maximum atomic E-state index is 11.3. The van der Waals surface area contributed by atoms with E-state index in [0.717, 1.165) is 57.7 Å². The van der Waals surface area contributed by atoms with Crippen LogP contribution in [0.5, 0.6) is 5.75 Å². The SMILES string of the molecule is CC(=O)Oc1cc(C)cc(CN2CCN(c3nc4ccc(Cl)cc4s3)C(C)C2)c1. The Balaban J connectivity index is 1.45. The molecule has 7 heteroatoms. The molecule has 0 bridgehead atoms. The highest BCUT2D eigenvalue weighted by Gasteiger charge is 2.26. The Kier molecular flexibility index (Phi) is 5.76. The van der Waals surface area contributed by atoms with E-state index in [2.05, 4.69) is 22.8 Å². The van der Waals surface area contributed by atoms with Crippen LogP contribution in [-0.2, 0) is 11.3 Å². The van der Waals surface area contributed by atoms with Gasteiger partial charge in [-0.2, -0.15) is 0 Å². The molecule has 1 aromatic heterocycles. The minimum atomic E-state index is -0.291. The summed E-state index contributed by atoms with van der Waals surface area (Å²) in [6, 6.07) is 12.2. The third-order valence-corrected chi connectivity index (χ3v) is 6.37. The number of halogens is 1. The number of nitrogens with zero attached hydrogens (tertiary/aromatic N) is 3. The molecule has 0 radical (unpaired) electrons. The van der Waals surface area contributed by atoms with Gasteiger partial charge < -0.3 is 9.64 Å². The van der Waals surface area contributed by atoms with Crippen molar-refractivity contribution in [2.24, 2.45) is 0 Å². The lowest BCUT2D eigenvalue weighted by molar-refractivity contribution is -0.131. The first-order valence-electron chi connectivity index (χ1n) is 9.71. The summed E-state index contributed by atoms with van der Waals surface area (Å²) in [5.41, 5.74) is 3.26. The Hall–Kier alpha value is -2.15. The standard InChI is InChI=1S/C22H24ClN3O2S/c1-14-8-17(10-19(9-14)28-16(3)27)13-25-6-7-26(15(2)12-25)22-24-20-5-4-18(23)11-21(20)29-22/h4-5,8-11,15H,6-7,12-13H2,1-3H3. The molecule has 1 saturated heterocycles. The van der Waals surface area contributed by atoms with Crippen LogP contribution in [0.15, 0.2) is 36.4 Å². The molecule has 152 valence electrons. The number of aromatic nitrogens is 1. The normalized spacial score (nSPS) is 17.7. The minimum absolute atomic E-state index is 0.291. The number of ether oxygens (including phenoxy) is 1. The molecule has 5 nitrogen and oxygen atoms in total. The lowest BCUT2D eigenvalue weighted by Crippen LogP contribution is -2.51. The van der Waals surface area contributed by atoms with Crippen LogP contribution in [-0.4, -0.2) is 41.5 Å². The highest BCUT2D eigenvalue weighted by atomic mass is 35.5. The van der Waals surface area contributed by atoms with Crippen molar-refractivity contribution in [1.29, 1.82) is 0 Å². The topological polar surface area (TPSA) is 45.7 Å². The van der Waals surface area contributed by atoms with E-state index >= 15 is 0 Å². The molecule has 0 aliphatic carbocycles. The van der Waals surface area contributed by atoms with Gasteiger partial charge in [0.05, 0.1) is 10.2 Å². The number of rotatable bonds is 4. The monoisotopic (exact) mass is 429 g/mol. The van der Waals surface area contributed by atoms with Gasteiger partial charge >= 0.3 is 5.97 Å². The number of carbonyl (C=O) groups excluding carboxylic acids is 1. The number of piperazine rings is 1. The van der Waals surface area contributed by atoms with Crippen molar-refractivity contribution in [3.05, 3.63) is 52.5 Å². The second-order valence-electron chi connectivity index (χ2n) is 7.63. The Morgan fingerprint density at radius 2 is 2.10 bits per heavy atom. The minimum Gasteiger partial charge on any atom is -0.427 e. The van der Waals surface area contributed by atoms with Crippen LogP contribution < -0.4 is 9.64 Å². The fourth-order valence-electron chi connectivity index (χ4n) is 3.87. The number of thiazole rings is 1. The summed E-state index contributed by atoms with van der Waals surface area (Å²) in [6.07, 6.45) is 0. The van der Waals surface area contributed by atoms with E-state index in [1.807, 2.05) is 37.3 Å². The molecular formula is C22H24ClN3O2S. The average molecular weight is 430 g/mol. The second kappa shape index (κ2) is 8.30. The van der Waals surface area contributed by atoms with Crippen LogP contribution in [0, 0.1) is 6.92 Å². The van der Waals surface area contributed by atoms with Gasteiger partial charge in [0, 0.05) is 44.2 Å². The van der Waals surface area contributed by atoms with E-state index in [1.165, 1.54) is 6.92 Å². The van der Waals surface area contributed by atoms with Crippen LogP contribution in [0.4, 0.5) is 5.13 Å². The van der Waals surface area contributed by atoms with Gasteiger partial charge in [0.1, 0.15) is 5.75 Å². The van der Waals surface area contributed by atoms with Gasteiger partial charge in [0.15, 0.2) is 5.13 Å². The third-order valence-electron chi connectivity index (χ3n) is 5.07. The van der Waals surface area contributed by atoms with Crippen molar-refractivity contribution >= 4 is 44.3 Å². The highest BCUT2D eigenvalue weighted by molar-refractivity contribution is 7.22. The van der Waals surface area contributed by atoms with Crippen molar-refractivity contribution in [2.45, 2.75) is 33.4 Å². The van der Waals surface area contributed by atoms with Gasteiger partial charge in [-0.15, -0.1) is 0 Å². The maximum absolute atomic E-state index is 11.3. The molecule has 0 spiro atoms. The van der Waals surface area contributed by atoms with E-state index in [1.54, 1.807) is 11.3 Å². The molecule has 0 amide bonds. The van der Waals surface area contributed by atoms with Crippen molar-refractivity contribution in [3.63, 3.8) is 0 Å². The number of anilines is 1. The summed E-state index contributed by atoms with van der Waals surface area (Å²) in [6.45, 7) is 9.37. The third kappa shape index (κ3) is 4.71. The van der Waals surface area contributed by atoms with E-state index in [-0.39, 0.29) is 5.97 Å². The first kappa shape index (κ1) is 20.1. The molecule has 0 saturated carbocycles. The number of esters is 1. The summed E-state index contributed by atoms with van der Waals surface area (Å²) in [5.74, 6) is 0.327. The van der Waals surface area contributed by atoms with Crippen LogP contribution in [0.1, 0.15) is 25.0 Å². The highest BCUT2D eigenvalue weighted by Crippen LogP contribution is 2.32. The van der Waals surface area contributed by atoms with Gasteiger partial charge in [-0.3, -0.25) is 9.69 Å². The van der Waals surface area contributed by atoms with E-state index in [9.17, 15) is 4.79 Å². The fraction of sp³-hybridized carbons (Fsp3) is 0.364. The molecule has 3 aromatic rings. The molecule has 2 heterocycles. The largest absolute Gasteiger partial charge is 0.427 e. The Morgan fingerprint density at radius 3 is 2.86 bits per heavy atom. The molecule has 1 unspecified atom stereocenters. The molecule has 1 atom stereocenters. The maximum Gasteiger partial charge on any atom is 0.308 e. The zero-order valence-electron chi connectivity index (χ0n) is 16.8. The van der Waals surface area contributed by atoms with Gasteiger partial charge in [-0.1, -0.05) is 29.0 Å². The van der Waals surface area contributed by atoms with Gasteiger partial charge in [-0.05, 0) is 55.3 Å². The summed E-state index contributed by atoms with van der Waals surface area (Å²) in [5, 5.41) is 1.80.